The molecule has 0 radical (unpaired) electrons. The van der Waals surface area contributed by atoms with Gasteiger partial charge >= 0.3 is 0 Å². The molecule has 36 heavy (non-hydrogen) atoms. The van der Waals surface area contributed by atoms with Crippen LogP contribution in [-0.4, -0.2) is 25.0 Å². The fraction of sp³-hybridized carbons (Fsp3) is 0.0667. The summed E-state index contributed by atoms with van der Waals surface area (Å²) in [4.78, 5) is 10.1. The average molecular weight is 469 g/mol. The van der Waals surface area contributed by atoms with Gasteiger partial charge in [0.1, 0.15) is 5.69 Å². The first-order valence-electron chi connectivity index (χ1n) is 11.9. The lowest BCUT2D eigenvalue weighted by molar-refractivity contribution is 0.798. The number of nitrogens with zero attached hydrogens (tertiary/aromatic N) is 5. The highest BCUT2D eigenvalue weighted by Crippen LogP contribution is 2.31. The molecule has 2 aromatic heterocycles. The van der Waals surface area contributed by atoms with E-state index in [1.165, 1.54) is 5.56 Å². The molecular formula is C30H24N6. The highest BCUT2D eigenvalue weighted by Gasteiger charge is 2.13. The molecule has 0 saturated carbocycles. The highest BCUT2D eigenvalue weighted by atomic mass is 15.4. The van der Waals surface area contributed by atoms with Gasteiger partial charge in [0.05, 0.1) is 40.9 Å². The predicted octanol–water partition coefficient (Wildman–Crippen LogP) is 6.47. The topological polar surface area (TPSA) is 68.5 Å². The Morgan fingerprint density at radius 3 is 2.00 bits per heavy atom. The van der Waals surface area contributed by atoms with E-state index in [0.717, 1.165) is 50.6 Å². The molecule has 6 aromatic rings. The molecule has 0 aliphatic rings. The number of benzene rings is 4. The zero-order chi connectivity index (χ0) is 24.3. The summed E-state index contributed by atoms with van der Waals surface area (Å²) in [6.07, 6.45) is 1.94. The van der Waals surface area contributed by atoms with Gasteiger partial charge in [-0.1, -0.05) is 83.6 Å². The molecule has 6 heteroatoms. The molecule has 0 atom stereocenters. The molecule has 0 aliphatic heterocycles. The molecule has 0 amide bonds. The Labute approximate surface area is 209 Å². The van der Waals surface area contributed by atoms with Gasteiger partial charge in [0.2, 0.25) is 0 Å². The molecule has 0 spiro atoms. The van der Waals surface area contributed by atoms with Crippen LogP contribution in [-0.2, 0) is 6.54 Å². The Kier molecular flexibility index (Phi) is 5.68. The first kappa shape index (κ1) is 21.7. The van der Waals surface area contributed by atoms with Crippen molar-refractivity contribution in [1.29, 1.82) is 0 Å². The van der Waals surface area contributed by atoms with Gasteiger partial charge in [0, 0.05) is 16.8 Å². The van der Waals surface area contributed by atoms with Crippen molar-refractivity contribution in [3.8, 4) is 28.2 Å². The highest BCUT2D eigenvalue weighted by molar-refractivity contribution is 5.87. The Hall–Kier alpha value is -4.84. The zero-order valence-electron chi connectivity index (χ0n) is 19.8. The minimum Gasteiger partial charge on any atom is -0.379 e. The predicted molar refractivity (Wildman–Crippen MR) is 144 cm³/mol. The maximum Gasteiger partial charge on any atom is 0.102 e. The molecule has 0 unspecified atom stereocenters. The summed E-state index contributed by atoms with van der Waals surface area (Å²) in [5.74, 6) is 0. The summed E-state index contributed by atoms with van der Waals surface area (Å²) in [5.41, 5.74) is 9.52. The van der Waals surface area contributed by atoms with Crippen molar-refractivity contribution in [2.75, 3.05) is 5.32 Å². The van der Waals surface area contributed by atoms with Crippen molar-refractivity contribution in [2.24, 2.45) is 0 Å². The largest absolute Gasteiger partial charge is 0.379 e. The lowest BCUT2D eigenvalue weighted by atomic mass is 10.0. The van der Waals surface area contributed by atoms with Gasteiger partial charge in [-0.2, -0.15) is 0 Å². The maximum absolute atomic E-state index is 5.05. The van der Waals surface area contributed by atoms with Crippen LogP contribution in [0, 0.1) is 6.92 Å². The number of nitrogens with one attached hydrogen (secondary N) is 1. The molecule has 2 heterocycles. The third-order valence-corrected chi connectivity index (χ3v) is 6.07. The fourth-order valence-corrected chi connectivity index (χ4v) is 4.15. The summed E-state index contributed by atoms with van der Waals surface area (Å²) < 4.78 is 1.79. The number of rotatable bonds is 6. The summed E-state index contributed by atoms with van der Waals surface area (Å²) in [7, 11) is 0. The van der Waals surface area contributed by atoms with Crippen molar-refractivity contribution in [3.63, 3.8) is 0 Å². The quantitative estimate of drug-likeness (QED) is 0.304. The normalized spacial score (nSPS) is 11.0. The van der Waals surface area contributed by atoms with Crippen LogP contribution in [0.3, 0.4) is 0 Å². The monoisotopic (exact) mass is 468 g/mol. The number of anilines is 1. The van der Waals surface area contributed by atoms with Crippen LogP contribution in [0.2, 0.25) is 0 Å². The lowest BCUT2D eigenvalue weighted by Gasteiger charge is -2.12. The molecule has 0 bridgehead atoms. The summed E-state index contributed by atoms with van der Waals surface area (Å²) in [6, 6.07) is 34.7. The number of hydrogen-bond acceptors (Lipinski definition) is 5. The van der Waals surface area contributed by atoms with Gasteiger partial charge in [0.25, 0.3) is 0 Å². The molecular weight excluding hydrogens is 444 g/mol. The number of hydrogen-bond donors (Lipinski definition) is 1. The number of aromatic nitrogens is 5. The fourth-order valence-electron chi connectivity index (χ4n) is 4.15. The minimum atomic E-state index is 0.554. The van der Waals surface area contributed by atoms with Gasteiger partial charge in [0.15, 0.2) is 0 Å². The van der Waals surface area contributed by atoms with Crippen LogP contribution < -0.4 is 5.32 Å². The van der Waals surface area contributed by atoms with Gasteiger partial charge in [-0.15, -0.1) is 5.10 Å². The molecule has 6 nitrogen and oxygen atoms in total. The second-order valence-corrected chi connectivity index (χ2v) is 8.70. The van der Waals surface area contributed by atoms with Gasteiger partial charge in [-0.05, 0) is 37.3 Å². The molecule has 0 saturated heterocycles. The van der Waals surface area contributed by atoms with E-state index in [-0.39, 0.29) is 0 Å². The molecule has 0 aliphatic carbocycles. The average Bonchev–Trinajstić information content (AvgIpc) is 3.41. The smallest absolute Gasteiger partial charge is 0.102 e. The van der Waals surface area contributed by atoms with Crippen LogP contribution in [0.15, 0.2) is 109 Å². The van der Waals surface area contributed by atoms with Crippen molar-refractivity contribution in [3.05, 3.63) is 121 Å². The second-order valence-electron chi connectivity index (χ2n) is 8.70. The minimum absolute atomic E-state index is 0.554. The van der Waals surface area contributed by atoms with E-state index in [1.54, 1.807) is 4.68 Å². The van der Waals surface area contributed by atoms with Crippen molar-refractivity contribution >= 4 is 16.7 Å². The second kappa shape index (κ2) is 9.43. The Morgan fingerprint density at radius 1 is 0.694 bits per heavy atom. The van der Waals surface area contributed by atoms with Crippen LogP contribution >= 0.6 is 0 Å². The summed E-state index contributed by atoms with van der Waals surface area (Å²) in [5, 5.41) is 12.0. The Bertz CT molecular complexity index is 1620. The van der Waals surface area contributed by atoms with Crippen molar-refractivity contribution < 1.29 is 0 Å². The SMILES string of the molecule is Cc1ccc(-n2cc(CNc3ccc4nc(-c5ccccc5)c(-c5ccccc5)nc4c3)nn2)cc1. The van der Waals surface area contributed by atoms with E-state index < -0.39 is 0 Å². The van der Waals surface area contributed by atoms with Crippen LogP contribution in [0.25, 0.3) is 39.2 Å². The van der Waals surface area contributed by atoms with E-state index in [4.69, 9.17) is 9.97 Å². The van der Waals surface area contributed by atoms with Crippen LogP contribution in [0.4, 0.5) is 5.69 Å². The third-order valence-electron chi connectivity index (χ3n) is 6.07. The molecule has 6 rings (SSSR count). The third kappa shape index (κ3) is 4.44. The van der Waals surface area contributed by atoms with E-state index in [1.807, 2.05) is 72.9 Å². The van der Waals surface area contributed by atoms with Gasteiger partial charge < -0.3 is 5.32 Å². The van der Waals surface area contributed by atoms with Crippen molar-refractivity contribution in [2.45, 2.75) is 13.5 Å². The first-order valence-corrected chi connectivity index (χ1v) is 11.9. The molecule has 174 valence electrons. The van der Waals surface area contributed by atoms with Crippen LogP contribution in [0.1, 0.15) is 11.3 Å². The summed E-state index contributed by atoms with van der Waals surface area (Å²) >= 11 is 0. The Balaban J connectivity index is 1.30. The van der Waals surface area contributed by atoms with E-state index in [9.17, 15) is 0 Å². The maximum atomic E-state index is 5.05. The summed E-state index contributed by atoms with van der Waals surface area (Å²) in [6.45, 7) is 2.62. The number of aryl methyl sites for hydroxylation is 1. The van der Waals surface area contributed by atoms with Crippen LogP contribution in [0.5, 0.6) is 0 Å². The van der Waals surface area contributed by atoms with E-state index in [2.05, 4.69) is 59.0 Å². The first-order chi connectivity index (χ1) is 17.7. The molecule has 0 fully saturated rings. The molecule has 1 N–H and O–H groups in total. The van der Waals surface area contributed by atoms with Crippen molar-refractivity contribution in [1.82, 2.24) is 25.0 Å². The van der Waals surface area contributed by atoms with E-state index >= 15 is 0 Å². The van der Waals surface area contributed by atoms with Gasteiger partial charge in [-0.3, -0.25) is 0 Å². The van der Waals surface area contributed by atoms with Gasteiger partial charge in [-0.25, -0.2) is 14.6 Å². The number of fused-ring (bicyclic) bond motifs is 1. The standard InChI is InChI=1S/C30H24N6/c1-21-12-15-26(16-13-21)36-20-25(34-35-36)19-31-24-14-17-27-28(18-24)33-30(23-10-6-3-7-11-23)29(32-27)22-8-4-2-5-9-22/h2-18,20,31H,19H2,1H3. The Morgan fingerprint density at radius 2 is 1.33 bits per heavy atom. The lowest BCUT2D eigenvalue weighted by Crippen LogP contribution is -2.01. The zero-order valence-corrected chi connectivity index (χ0v) is 19.8. The van der Waals surface area contributed by atoms with E-state index in [0.29, 0.717) is 6.54 Å². The molecule has 4 aromatic carbocycles.